The van der Waals surface area contributed by atoms with E-state index in [2.05, 4.69) is 10.3 Å². The first kappa shape index (κ1) is 9.96. The third-order valence-corrected chi connectivity index (χ3v) is 0.860. The average molecular weight is 159 g/mol. The molecule has 0 aromatic rings. The Morgan fingerprint density at radius 3 is 2.73 bits per heavy atom. The SMILES string of the molecule is CN(C)[CH]CCN=N[N+](=O)[O-]. The van der Waals surface area contributed by atoms with Crippen molar-refractivity contribution in [3.63, 3.8) is 0 Å². The summed E-state index contributed by atoms with van der Waals surface area (Å²) in [4.78, 5) is 11.5. The van der Waals surface area contributed by atoms with Crippen LogP contribution < -0.4 is 0 Å². The van der Waals surface area contributed by atoms with Gasteiger partial charge >= 0.3 is 0 Å². The van der Waals surface area contributed by atoms with Crippen LogP contribution in [0.4, 0.5) is 0 Å². The lowest BCUT2D eigenvalue weighted by atomic mass is 10.4. The molecule has 1 radical (unpaired) electrons. The van der Waals surface area contributed by atoms with Gasteiger partial charge in [0.1, 0.15) is 0 Å². The zero-order valence-electron chi connectivity index (χ0n) is 6.60. The van der Waals surface area contributed by atoms with Gasteiger partial charge in [-0.2, -0.15) is 0 Å². The summed E-state index contributed by atoms with van der Waals surface area (Å²) in [7, 11) is 3.76. The summed E-state index contributed by atoms with van der Waals surface area (Å²) in [6, 6.07) is 0. The first-order chi connectivity index (χ1) is 5.13. The van der Waals surface area contributed by atoms with E-state index in [0.29, 0.717) is 13.0 Å². The molecule has 0 N–H and O–H groups in total. The molecule has 0 rings (SSSR count). The van der Waals surface area contributed by atoms with E-state index in [-0.39, 0.29) is 0 Å². The largest absolute Gasteiger partial charge is 0.337 e. The Kier molecular flexibility index (Phi) is 5.18. The van der Waals surface area contributed by atoms with Crippen LogP contribution in [0, 0.1) is 16.7 Å². The van der Waals surface area contributed by atoms with Crippen molar-refractivity contribution < 1.29 is 5.03 Å². The van der Waals surface area contributed by atoms with Crippen LogP contribution in [0.3, 0.4) is 0 Å². The Hall–Kier alpha value is -1.04. The summed E-state index contributed by atoms with van der Waals surface area (Å²) in [5.41, 5.74) is 0. The van der Waals surface area contributed by atoms with E-state index in [4.69, 9.17) is 0 Å². The third kappa shape index (κ3) is 8.96. The zero-order valence-corrected chi connectivity index (χ0v) is 6.60. The van der Waals surface area contributed by atoms with Gasteiger partial charge in [0.05, 0.1) is 5.03 Å². The number of nitrogens with zero attached hydrogens (tertiary/aromatic N) is 4. The monoisotopic (exact) mass is 159 g/mol. The summed E-state index contributed by atoms with van der Waals surface area (Å²) in [6.07, 6.45) is 0.671. The molecule has 0 aliphatic heterocycles. The molecule has 11 heavy (non-hydrogen) atoms. The highest BCUT2D eigenvalue weighted by atomic mass is 16.7. The minimum atomic E-state index is -0.810. The second-order valence-electron chi connectivity index (χ2n) is 2.13. The lowest BCUT2D eigenvalue weighted by molar-refractivity contribution is -0.494. The van der Waals surface area contributed by atoms with Gasteiger partial charge < -0.3 is 15.0 Å². The Bertz CT molecular complexity index is 145. The molecule has 0 aromatic heterocycles. The van der Waals surface area contributed by atoms with Crippen LogP contribution in [-0.2, 0) is 0 Å². The molecule has 0 aliphatic rings. The van der Waals surface area contributed by atoms with Crippen LogP contribution in [0.25, 0.3) is 0 Å². The van der Waals surface area contributed by atoms with Crippen molar-refractivity contribution in [2.45, 2.75) is 6.42 Å². The normalized spacial score (nSPS) is 11.2. The van der Waals surface area contributed by atoms with Gasteiger partial charge in [-0.3, -0.25) is 0 Å². The van der Waals surface area contributed by atoms with E-state index in [0.717, 1.165) is 0 Å². The van der Waals surface area contributed by atoms with Gasteiger partial charge in [0.15, 0.2) is 11.8 Å². The Morgan fingerprint density at radius 2 is 2.27 bits per heavy atom. The fourth-order valence-corrected chi connectivity index (χ4v) is 0.470. The molecule has 0 atom stereocenters. The number of hydrogen-bond donors (Lipinski definition) is 0. The summed E-state index contributed by atoms with van der Waals surface area (Å²) in [5, 5.41) is 14.9. The van der Waals surface area contributed by atoms with Crippen molar-refractivity contribution in [3.05, 3.63) is 16.7 Å². The molecule has 0 fully saturated rings. The summed E-state index contributed by atoms with van der Waals surface area (Å²) in [5.74, 6) is 0. The minimum absolute atomic E-state index is 0.360. The van der Waals surface area contributed by atoms with E-state index in [1.54, 1.807) is 0 Å². The standard InChI is InChI=1S/C5H11N4O2/c1-8(2)5-3-4-6-7-9(10)11/h5H,3-4H2,1-2H3. The Labute approximate surface area is 65.0 Å². The molecule has 0 saturated heterocycles. The lowest BCUT2D eigenvalue weighted by Gasteiger charge is -2.03. The number of nitro groups is 1. The van der Waals surface area contributed by atoms with Crippen molar-refractivity contribution in [2.24, 2.45) is 10.3 Å². The van der Waals surface area contributed by atoms with Crippen molar-refractivity contribution in [1.82, 2.24) is 4.90 Å². The third-order valence-electron chi connectivity index (χ3n) is 0.860. The molecule has 0 amide bonds. The summed E-state index contributed by atoms with van der Waals surface area (Å²) in [6.45, 7) is 2.23. The van der Waals surface area contributed by atoms with E-state index in [9.17, 15) is 10.1 Å². The Morgan fingerprint density at radius 1 is 1.64 bits per heavy atom. The van der Waals surface area contributed by atoms with Crippen LogP contribution in [-0.4, -0.2) is 30.6 Å². The summed E-state index contributed by atoms with van der Waals surface area (Å²) >= 11 is 0. The predicted molar refractivity (Wildman–Crippen MR) is 39.3 cm³/mol. The van der Waals surface area contributed by atoms with Crippen molar-refractivity contribution in [3.8, 4) is 0 Å². The summed E-state index contributed by atoms with van der Waals surface area (Å²) < 4.78 is 0. The molecule has 6 heteroatoms. The molecule has 0 aliphatic carbocycles. The van der Waals surface area contributed by atoms with Gasteiger partial charge in [-0.1, -0.05) is 0 Å². The van der Waals surface area contributed by atoms with Gasteiger partial charge in [0.2, 0.25) is 0 Å². The van der Waals surface area contributed by atoms with Crippen LogP contribution in [0.15, 0.2) is 10.3 Å². The van der Waals surface area contributed by atoms with Gasteiger partial charge in [-0.05, 0) is 14.1 Å². The van der Waals surface area contributed by atoms with Gasteiger partial charge in [-0.15, -0.1) is 0 Å². The van der Waals surface area contributed by atoms with E-state index in [1.807, 2.05) is 25.5 Å². The molecular formula is C5H11N4O2. The van der Waals surface area contributed by atoms with Crippen LogP contribution in [0.5, 0.6) is 0 Å². The van der Waals surface area contributed by atoms with Crippen molar-refractivity contribution >= 4 is 0 Å². The van der Waals surface area contributed by atoms with Gasteiger partial charge in [0.25, 0.3) is 0 Å². The zero-order chi connectivity index (χ0) is 8.69. The molecule has 0 aromatic carbocycles. The molecule has 0 heterocycles. The minimum Gasteiger partial charge on any atom is -0.337 e. The highest BCUT2D eigenvalue weighted by Crippen LogP contribution is 1.90. The van der Waals surface area contributed by atoms with Crippen LogP contribution in [0.2, 0.25) is 0 Å². The van der Waals surface area contributed by atoms with Crippen molar-refractivity contribution in [1.29, 1.82) is 0 Å². The Balaban J connectivity index is 3.21. The maximum Gasteiger partial charge on any atom is 0.177 e. The highest BCUT2D eigenvalue weighted by molar-refractivity contribution is 4.60. The molecule has 0 saturated carbocycles. The predicted octanol–water partition coefficient (Wildman–Crippen LogP) is 0.744. The van der Waals surface area contributed by atoms with Crippen LogP contribution >= 0.6 is 0 Å². The second-order valence-corrected chi connectivity index (χ2v) is 2.13. The van der Waals surface area contributed by atoms with E-state index in [1.165, 1.54) is 0 Å². The first-order valence-electron chi connectivity index (χ1n) is 3.14. The number of hydrogen-bond acceptors (Lipinski definition) is 4. The molecule has 6 nitrogen and oxygen atoms in total. The lowest BCUT2D eigenvalue weighted by Crippen LogP contribution is -2.07. The second kappa shape index (κ2) is 5.72. The van der Waals surface area contributed by atoms with E-state index >= 15 is 0 Å². The average Bonchev–Trinajstić information content (AvgIpc) is 1.85. The highest BCUT2D eigenvalue weighted by Gasteiger charge is 1.93. The number of rotatable bonds is 5. The maximum atomic E-state index is 9.62. The van der Waals surface area contributed by atoms with Crippen molar-refractivity contribution in [2.75, 3.05) is 20.6 Å². The smallest absolute Gasteiger partial charge is 0.177 e. The topological polar surface area (TPSA) is 71.1 Å². The quantitative estimate of drug-likeness (QED) is 0.257. The van der Waals surface area contributed by atoms with E-state index < -0.39 is 5.03 Å². The first-order valence-corrected chi connectivity index (χ1v) is 3.14. The molecule has 0 bridgehead atoms. The fraction of sp³-hybridized carbons (Fsp3) is 0.800. The molecule has 0 unspecified atom stereocenters. The van der Waals surface area contributed by atoms with Gasteiger partial charge in [0, 0.05) is 18.1 Å². The molecule has 0 spiro atoms. The molecule has 63 valence electrons. The van der Waals surface area contributed by atoms with Gasteiger partial charge in [-0.25, -0.2) is 0 Å². The molecular weight excluding hydrogens is 148 g/mol. The maximum absolute atomic E-state index is 9.62. The van der Waals surface area contributed by atoms with Crippen LogP contribution in [0.1, 0.15) is 6.42 Å². The fourth-order valence-electron chi connectivity index (χ4n) is 0.470.